The lowest BCUT2D eigenvalue weighted by Gasteiger charge is -2.35. The first-order chi connectivity index (χ1) is 15.5. The molecule has 1 aromatic carbocycles. The number of halogens is 1. The zero-order valence-electron chi connectivity index (χ0n) is 18.7. The Morgan fingerprint density at radius 3 is 2.56 bits per heavy atom. The standard InChI is InChI=1S/C24H35FN4O3/c25-20-5-3-18(4-6-20)14-19-2-1-9-29(16-19)23(30)15-22(17-28-10-12-32-13-11-28)27-24(31)26-21-7-8-21/h3-6,19,21-22H,1-2,7-17H2,(H2,26,27,31)/t19-,22-/m0/s1. The first-order valence-corrected chi connectivity index (χ1v) is 11.9. The summed E-state index contributed by atoms with van der Waals surface area (Å²) in [6.45, 7) is 5.14. The molecule has 1 aliphatic carbocycles. The van der Waals surface area contributed by atoms with E-state index in [9.17, 15) is 14.0 Å². The minimum atomic E-state index is -0.225. The zero-order chi connectivity index (χ0) is 22.3. The number of nitrogens with zero attached hydrogens (tertiary/aromatic N) is 2. The Labute approximate surface area is 189 Å². The average Bonchev–Trinajstić information content (AvgIpc) is 3.60. The third-order valence-electron chi connectivity index (χ3n) is 6.56. The molecule has 0 bridgehead atoms. The van der Waals surface area contributed by atoms with Crippen molar-refractivity contribution in [2.75, 3.05) is 45.9 Å². The van der Waals surface area contributed by atoms with Gasteiger partial charge < -0.3 is 20.3 Å². The van der Waals surface area contributed by atoms with Crippen LogP contribution in [0, 0.1) is 11.7 Å². The van der Waals surface area contributed by atoms with Gasteiger partial charge in [0.1, 0.15) is 5.82 Å². The molecule has 4 rings (SSSR count). The lowest BCUT2D eigenvalue weighted by atomic mass is 9.91. The van der Waals surface area contributed by atoms with Crippen LogP contribution in [0.2, 0.25) is 0 Å². The average molecular weight is 447 g/mol. The van der Waals surface area contributed by atoms with Gasteiger partial charge in [-0.25, -0.2) is 9.18 Å². The first-order valence-electron chi connectivity index (χ1n) is 11.9. The second kappa shape index (κ2) is 11.1. The van der Waals surface area contributed by atoms with E-state index in [1.807, 2.05) is 17.0 Å². The van der Waals surface area contributed by atoms with E-state index in [1.54, 1.807) is 0 Å². The number of morpholine rings is 1. The van der Waals surface area contributed by atoms with Crippen LogP contribution >= 0.6 is 0 Å². The van der Waals surface area contributed by atoms with E-state index in [4.69, 9.17) is 4.74 Å². The molecule has 2 atom stereocenters. The third kappa shape index (κ3) is 7.17. The summed E-state index contributed by atoms with van der Waals surface area (Å²) in [5.41, 5.74) is 1.11. The topological polar surface area (TPSA) is 73.9 Å². The highest BCUT2D eigenvalue weighted by Crippen LogP contribution is 2.22. The van der Waals surface area contributed by atoms with Crippen LogP contribution in [0.15, 0.2) is 24.3 Å². The molecule has 2 heterocycles. The molecule has 3 fully saturated rings. The normalized spacial score (nSPS) is 22.9. The van der Waals surface area contributed by atoms with Gasteiger partial charge in [-0.3, -0.25) is 9.69 Å². The van der Waals surface area contributed by atoms with Gasteiger partial charge in [-0.1, -0.05) is 12.1 Å². The Kier molecular flexibility index (Phi) is 7.97. The highest BCUT2D eigenvalue weighted by atomic mass is 19.1. The molecule has 0 unspecified atom stereocenters. The molecule has 0 radical (unpaired) electrons. The van der Waals surface area contributed by atoms with Crippen LogP contribution < -0.4 is 10.6 Å². The third-order valence-corrected chi connectivity index (χ3v) is 6.56. The van der Waals surface area contributed by atoms with Crippen molar-refractivity contribution < 1.29 is 18.7 Å². The number of rotatable bonds is 8. The van der Waals surface area contributed by atoms with Crippen LogP contribution in [-0.2, 0) is 16.0 Å². The smallest absolute Gasteiger partial charge is 0.315 e. The van der Waals surface area contributed by atoms with E-state index in [-0.39, 0.29) is 29.8 Å². The summed E-state index contributed by atoms with van der Waals surface area (Å²) in [4.78, 5) is 29.7. The van der Waals surface area contributed by atoms with Crippen molar-refractivity contribution in [1.82, 2.24) is 20.4 Å². The second-order valence-electron chi connectivity index (χ2n) is 9.38. The van der Waals surface area contributed by atoms with Crippen molar-refractivity contribution in [1.29, 1.82) is 0 Å². The van der Waals surface area contributed by atoms with Gasteiger partial charge in [-0.2, -0.15) is 0 Å². The maximum absolute atomic E-state index is 13.2. The van der Waals surface area contributed by atoms with Crippen LogP contribution in [0.1, 0.15) is 37.7 Å². The van der Waals surface area contributed by atoms with Crippen molar-refractivity contribution in [3.8, 4) is 0 Å². The fourth-order valence-corrected chi connectivity index (χ4v) is 4.65. The quantitative estimate of drug-likeness (QED) is 0.642. The van der Waals surface area contributed by atoms with Crippen molar-refractivity contribution >= 4 is 11.9 Å². The van der Waals surface area contributed by atoms with Crippen LogP contribution in [0.4, 0.5) is 9.18 Å². The molecule has 2 saturated heterocycles. The highest BCUT2D eigenvalue weighted by molar-refractivity contribution is 5.79. The number of amides is 3. The molecule has 8 heteroatoms. The number of nitrogens with one attached hydrogen (secondary N) is 2. The molecule has 1 saturated carbocycles. The number of hydrogen-bond acceptors (Lipinski definition) is 4. The van der Waals surface area contributed by atoms with Gasteiger partial charge in [-0.15, -0.1) is 0 Å². The minimum Gasteiger partial charge on any atom is -0.379 e. The summed E-state index contributed by atoms with van der Waals surface area (Å²) in [6, 6.07) is 6.53. The minimum absolute atomic E-state index is 0.0961. The largest absolute Gasteiger partial charge is 0.379 e. The highest BCUT2D eigenvalue weighted by Gasteiger charge is 2.29. The molecule has 176 valence electrons. The summed E-state index contributed by atoms with van der Waals surface area (Å²) < 4.78 is 18.6. The molecule has 0 spiro atoms. The number of piperidine rings is 1. The Morgan fingerprint density at radius 2 is 1.84 bits per heavy atom. The summed E-state index contributed by atoms with van der Waals surface area (Å²) in [5, 5.41) is 6.01. The molecule has 3 aliphatic rings. The fourth-order valence-electron chi connectivity index (χ4n) is 4.65. The molecule has 2 aliphatic heterocycles. The SMILES string of the molecule is O=C(NC1CC1)N[C@@H](CC(=O)N1CCC[C@@H](Cc2ccc(F)cc2)C1)CN1CCOCC1. The van der Waals surface area contributed by atoms with Crippen molar-refractivity contribution in [3.05, 3.63) is 35.6 Å². The van der Waals surface area contributed by atoms with Crippen LogP contribution in [-0.4, -0.2) is 79.8 Å². The fraction of sp³-hybridized carbons (Fsp3) is 0.667. The Bertz CT molecular complexity index is 765. The molecular weight excluding hydrogens is 411 g/mol. The van der Waals surface area contributed by atoms with Crippen LogP contribution in [0.3, 0.4) is 0 Å². The van der Waals surface area contributed by atoms with Gasteiger partial charge >= 0.3 is 6.03 Å². The number of carbonyl (C=O) groups excluding carboxylic acids is 2. The van der Waals surface area contributed by atoms with Gasteiger partial charge in [0.05, 0.1) is 19.3 Å². The molecular formula is C24H35FN4O3. The maximum Gasteiger partial charge on any atom is 0.315 e. The summed E-state index contributed by atoms with van der Waals surface area (Å²) in [6.07, 6.45) is 5.26. The number of ether oxygens (including phenoxy) is 1. The number of urea groups is 1. The van der Waals surface area contributed by atoms with Crippen LogP contribution in [0.25, 0.3) is 0 Å². The lowest BCUT2D eigenvalue weighted by Crippen LogP contribution is -2.52. The molecule has 2 N–H and O–H groups in total. The van der Waals surface area contributed by atoms with Gasteiger partial charge in [0.15, 0.2) is 0 Å². The van der Waals surface area contributed by atoms with E-state index in [0.29, 0.717) is 32.1 Å². The zero-order valence-corrected chi connectivity index (χ0v) is 18.7. The van der Waals surface area contributed by atoms with Crippen molar-refractivity contribution in [3.63, 3.8) is 0 Å². The number of hydrogen-bond donors (Lipinski definition) is 2. The van der Waals surface area contributed by atoms with Gasteiger partial charge in [0.2, 0.25) is 5.91 Å². The van der Waals surface area contributed by atoms with E-state index in [2.05, 4.69) is 15.5 Å². The number of carbonyl (C=O) groups is 2. The first kappa shape index (κ1) is 23.0. The Morgan fingerprint density at radius 1 is 1.09 bits per heavy atom. The van der Waals surface area contributed by atoms with Crippen molar-refractivity contribution in [2.45, 2.75) is 50.6 Å². The molecule has 0 aromatic heterocycles. The van der Waals surface area contributed by atoms with Crippen LogP contribution in [0.5, 0.6) is 0 Å². The Hall–Kier alpha value is -2.19. The predicted octanol–water partition coefficient (Wildman–Crippen LogP) is 2.16. The predicted molar refractivity (Wildman–Crippen MR) is 120 cm³/mol. The lowest BCUT2D eigenvalue weighted by molar-refractivity contribution is -0.133. The molecule has 3 amide bonds. The monoisotopic (exact) mass is 446 g/mol. The Balaban J connectivity index is 1.31. The molecule has 1 aromatic rings. The molecule has 32 heavy (non-hydrogen) atoms. The number of likely N-dealkylation sites (tertiary alicyclic amines) is 1. The van der Waals surface area contributed by atoms with Gasteiger partial charge in [0.25, 0.3) is 0 Å². The summed E-state index contributed by atoms with van der Waals surface area (Å²) in [7, 11) is 0. The van der Waals surface area contributed by atoms with Gasteiger partial charge in [-0.05, 0) is 55.7 Å². The molecule has 7 nitrogen and oxygen atoms in total. The summed E-state index contributed by atoms with van der Waals surface area (Å²) >= 11 is 0. The van der Waals surface area contributed by atoms with Crippen molar-refractivity contribution in [2.24, 2.45) is 5.92 Å². The van der Waals surface area contributed by atoms with E-state index >= 15 is 0 Å². The maximum atomic E-state index is 13.2. The van der Waals surface area contributed by atoms with E-state index < -0.39 is 0 Å². The second-order valence-corrected chi connectivity index (χ2v) is 9.38. The van der Waals surface area contributed by atoms with E-state index in [0.717, 1.165) is 63.8 Å². The van der Waals surface area contributed by atoms with E-state index in [1.165, 1.54) is 12.1 Å². The van der Waals surface area contributed by atoms with Gasteiger partial charge in [0, 0.05) is 45.2 Å². The summed E-state index contributed by atoms with van der Waals surface area (Å²) in [5.74, 6) is 0.250. The number of benzene rings is 1.